The lowest BCUT2D eigenvalue weighted by Crippen LogP contribution is -2.34. The maximum absolute atomic E-state index is 13.4. The standard InChI is InChI=1S/C21H25F2N3O/c1-25(12-9-17-4-2-3-11-24-17)18-6-8-21(27)26(13-10-18)15-16-5-7-19(22)20(23)14-16/h2-5,7,11,14,18H,6,8-10,12-13,15H2,1H3. The summed E-state index contributed by atoms with van der Waals surface area (Å²) >= 11 is 0. The molecular weight excluding hydrogens is 348 g/mol. The molecule has 4 nitrogen and oxygen atoms in total. The summed E-state index contributed by atoms with van der Waals surface area (Å²) < 4.78 is 26.5. The number of amides is 1. The molecule has 0 aliphatic carbocycles. The van der Waals surface area contributed by atoms with Gasteiger partial charge >= 0.3 is 0 Å². The lowest BCUT2D eigenvalue weighted by molar-refractivity contribution is -0.131. The van der Waals surface area contributed by atoms with E-state index in [0.29, 0.717) is 31.1 Å². The van der Waals surface area contributed by atoms with Gasteiger partial charge in [-0.1, -0.05) is 12.1 Å². The summed E-state index contributed by atoms with van der Waals surface area (Å²) in [6, 6.07) is 10.1. The van der Waals surface area contributed by atoms with E-state index in [1.54, 1.807) is 11.1 Å². The van der Waals surface area contributed by atoms with Crippen molar-refractivity contribution in [3.63, 3.8) is 0 Å². The van der Waals surface area contributed by atoms with Gasteiger partial charge in [0.05, 0.1) is 0 Å². The van der Waals surface area contributed by atoms with Crippen LogP contribution in [-0.4, -0.2) is 46.9 Å². The van der Waals surface area contributed by atoms with E-state index in [1.807, 2.05) is 18.2 Å². The number of halogens is 2. The first-order chi connectivity index (χ1) is 13.0. The predicted molar refractivity (Wildman–Crippen MR) is 100.0 cm³/mol. The molecule has 0 spiro atoms. The molecule has 1 aliphatic heterocycles. The molecule has 2 heterocycles. The van der Waals surface area contributed by atoms with Crippen molar-refractivity contribution in [2.45, 2.75) is 38.3 Å². The van der Waals surface area contributed by atoms with Crippen LogP contribution in [-0.2, 0) is 17.8 Å². The minimum absolute atomic E-state index is 0.0698. The molecular formula is C21H25F2N3O. The van der Waals surface area contributed by atoms with E-state index in [2.05, 4.69) is 16.9 Å². The lowest BCUT2D eigenvalue weighted by atomic mass is 10.1. The first kappa shape index (κ1) is 19.4. The molecule has 1 amide bonds. The zero-order chi connectivity index (χ0) is 19.2. The van der Waals surface area contributed by atoms with Gasteiger partial charge in [-0.2, -0.15) is 0 Å². The minimum Gasteiger partial charge on any atom is -0.338 e. The Hall–Kier alpha value is -2.34. The van der Waals surface area contributed by atoms with Gasteiger partial charge in [0.2, 0.25) is 5.91 Å². The molecule has 27 heavy (non-hydrogen) atoms. The van der Waals surface area contributed by atoms with Gasteiger partial charge in [-0.05, 0) is 49.7 Å². The fraction of sp³-hybridized carbons (Fsp3) is 0.429. The number of hydrogen-bond donors (Lipinski definition) is 0. The fourth-order valence-corrected chi connectivity index (χ4v) is 3.51. The highest BCUT2D eigenvalue weighted by Gasteiger charge is 2.25. The topological polar surface area (TPSA) is 36.4 Å². The molecule has 1 aromatic heterocycles. The van der Waals surface area contributed by atoms with Crippen molar-refractivity contribution in [3.8, 4) is 0 Å². The van der Waals surface area contributed by atoms with Crippen LogP contribution in [0.15, 0.2) is 42.6 Å². The molecule has 6 heteroatoms. The van der Waals surface area contributed by atoms with Crippen molar-refractivity contribution in [2.75, 3.05) is 20.1 Å². The Balaban J connectivity index is 1.54. The number of carbonyl (C=O) groups excluding carboxylic acids is 1. The van der Waals surface area contributed by atoms with E-state index >= 15 is 0 Å². The van der Waals surface area contributed by atoms with Gasteiger partial charge in [0, 0.05) is 50.4 Å². The molecule has 0 bridgehead atoms. The second-order valence-corrected chi connectivity index (χ2v) is 7.10. The largest absolute Gasteiger partial charge is 0.338 e. The first-order valence-electron chi connectivity index (χ1n) is 9.35. The van der Waals surface area contributed by atoms with Crippen molar-refractivity contribution in [1.29, 1.82) is 0 Å². The second-order valence-electron chi connectivity index (χ2n) is 7.10. The summed E-state index contributed by atoms with van der Waals surface area (Å²) in [6.07, 6.45) is 4.83. The molecule has 0 saturated carbocycles. The van der Waals surface area contributed by atoms with Gasteiger partial charge in [0.25, 0.3) is 0 Å². The van der Waals surface area contributed by atoms with Crippen LogP contribution < -0.4 is 0 Å². The summed E-state index contributed by atoms with van der Waals surface area (Å²) in [5.74, 6) is -1.67. The van der Waals surface area contributed by atoms with Crippen molar-refractivity contribution >= 4 is 5.91 Å². The number of carbonyl (C=O) groups is 1. The van der Waals surface area contributed by atoms with Crippen LogP contribution in [0.5, 0.6) is 0 Å². The third kappa shape index (κ3) is 5.32. The van der Waals surface area contributed by atoms with Crippen LogP contribution in [0.3, 0.4) is 0 Å². The van der Waals surface area contributed by atoms with Gasteiger partial charge in [-0.15, -0.1) is 0 Å². The Morgan fingerprint density at radius 2 is 2.04 bits per heavy atom. The molecule has 144 valence electrons. The SMILES string of the molecule is CN(CCc1ccccn1)C1CCC(=O)N(Cc2ccc(F)c(F)c2)CC1. The summed E-state index contributed by atoms with van der Waals surface area (Å²) in [4.78, 5) is 20.8. The number of aromatic nitrogens is 1. The van der Waals surface area contributed by atoms with Crippen molar-refractivity contribution in [3.05, 3.63) is 65.5 Å². The number of pyridine rings is 1. The van der Waals surface area contributed by atoms with Gasteiger partial charge < -0.3 is 9.80 Å². The van der Waals surface area contributed by atoms with Gasteiger partial charge in [-0.3, -0.25) is 9.78 Å². The van der Waals surface area contributed by atoms with Crippen LogP contribution in [0.4, 0.5) is 8.78 Å². The number of likely N-dealkylation sites (N-methyl/N-ethyl adjacent to an activating group) is 1. The molecule has 3 rings (SSSR count). The summed E-state index contributed by atoms with van der Waals surface area (Å²) in [6.45, 7) is 1.83. The molecule has 1 aliphatic rings. The van der Waals surface area contributed by atoms with Crippen LogP contribution in [0.1, 0.15) is 30.5 Å². The highest BCUT2D eigenvalue weighted by molar-refractivity contribution is 5.76. The van der Waals surface area contributed by atoms with Gasteiger partial charge in [0.15, 0.2) is 11.6 Å². The van der Waals surface area contributed by atoms with E-state index in [-0.39, 0.29) is 5.91 Å². The molecule has 1 saturated heterocycles. The van der Waals surface area contributed by atoms with Gasteiger partial charge in [-0.25, -0.2) is 8.78 Å². The van der Waals surface area contributed by atoms with Crippen molar-refractivity contribution < 1.29 is 13.6 Å². The molecule has 1 aromatic carbocycles. The number of hydrogen-bond acceptors (Lipinski definition) is 3. The molecule has 0 N–H and O–H groups in total. The Morgan fingerprint density at radius 3 is 2.78 bits per heavy atom. The smallest absolute Gasteiger partial charge is 0.222 e. The summed E-state index contributed by atoms with van der Waals surface area (Å²) in [7, 11) is 2.09. The Bertz CT molecular complexity index is 769. The van der Waals surface area contributed by atoms with Crippen LogP contribution >= 0.6 is 0 Å². The zero-order valence-corrected chi connectivity index (χ0v) is 15.6. The molecule has 1 atom stereocenters. The lowest BCUT2D eigenvalue weighted by Gasteiger charge is -2.27. The van der Waals surface area contributed by atoms with Crippen LogP contribution in [0, 0.1) is 11.6 Å². The maximum atomic E-state index is 13.4. The third-order valence-electron chi connectivity index (χ3n) is 5.20. The third-order valence-corrected chi connectivity index (χ3v) is 5.20. The predicted octanol–water partition coefficient (Wildman–Crippen LogP) is 3.42. The van der Waals surface area contributed by atoms with E-state index < -0.39 is 11.6 Å². The van der Waals surface area contributed by atoms with E-state index in [4.69, 9.17) is 0 Å². The molecule has 0 radical (unpaired) electrons. The zero-order valence-electron chi connectivity index (χ0n) is 15.6. The average molecular weight is 373 g/mol. The van der Waals surface area contributed by atoms with Crippen LogP contribution in [0.2, 0.25) is 0 Å². The first-order valence-corrected chi connectivity index (χ1v) is 9.35. The maximum Gasteiger partial charge on any atom is 0.222 e. The Kier molecular flexibility index (Phi) is 6.50. The fourth-order valence-electron chi connectivity index (χ4n) is 3.51. The quantitative estimate of drug-likeness (QED) is 0.779. The summed E-state index contributed by atoms with van der Waals surface area (Å²) in [5.41, 5.74) is 1.68. The molecule has 1 unspecified atom stereocenters. The van der Waals surface area contributed by atoms with E-state index in [1.165, 1.54) is 12.1 Å². The monoisotopic (exact) mass is 373 g/mol. The Morgan fingerprint density at radius 1 is 1.19 bits per heavy atom. The van der Waals surface area contributed by atoms with Crippen molar-refractivity contribution in [1.82, 2.24) is 14.8 Å². The average Bonchev–Trinajstić information content (AvgIpc) is 2.86. The van der Waals surface area contributed by atoms with E-state index in [9.17, 15) is 13.6 Å². The number of nitrogens with zero attached hydrogens (tertiary/aromatic N) is 3. The summed E-state index contributed by atoms with van der Waals surface area (Å²) in [5, 5.41) is 0. The minimum atomic E-state index is -0.873. The number of rotatable bonds is 6. The number of benzene rings is 1. The van der Waals surface area contributed by atoms with E-state index in [0.717, 1.165) is 37.6 Å². The molecule has 1 fully saturated rings. The normalized spacial score (nSPS) is 18.0. The van der Waals surface area contributed by atoms with Crippen LogP contribution in [0.25, 0.3) is 0 Å². The number of likely N-dealkylation sites (tertiary alicyclic amines) is 1. The molecule has 2 aromatic rings. The van der Waals surface area contributed by atoms with Crippen molar-refractivity contribution in [2.24, 2.45) is 0 Å². The Labute approximate surface area is 158 Å². The second kappa shape index (κ2) is 9.04. The highest BCUT2D eigenvalue weighted by atomic mass is 19.2. The van der Waals surface area contributed by atoms with Gasteiger partial charge in [0.1, 0.15) is 0 Å². The highest BCUT2D eigenvalue weighted by Crippen LogP contribution is 2.20.